The molecule has 0 saturated carbocycles. The lowest BCUT2D eigenvalue weighted by molar-refractivity contribution is -0.153. The van der Waals surface area contributed by atoms with Crippen molar-refractivity contribution in [3.05, 3.63) is 34.9 Å². The number of nitrogens with zero attached hydrogens (tertiary/aromatic N) is 1. The average Bonchev–Trinajstić information content (AvgIpc) is 2.69. The number of benzene rings is 1. The zero-order chi connectivity index (χ0) is 25.0. The molecular weight excluding hydrogens is 442 g/mol. The molecule has 1 aliphatic heterocycles. The molecule has 1 aromatic rings. The lowest BCUT2D eigenvalue weighted by atomic mass is 9.70. The summed E-state index contributed by atoms with van der Waals surface area (Å²) in [7, 11) is 0. The number of halogens is 1. The van der Waals surface area contributed by atoms with E-state index < -0.39 is 23.6 Å². The zero-order valence-electron chi connectivity index (χ0n) is 20.8. The monoisotopic (exact) mass is 479 g/mol. The summed E-state index contributed by atoms with van der Waals surface area (Å²) in [5.74, 6) is -0.262. The molecular formula is C25H38ClN3O4. The Morgan fingerprint density at radius 3 is 2.33 bits per heavy atom. The van der Waals surface area contributed by atoms with Crippen LogP contribution in [-0.2, 0) is 14.3 Å². The molecule has 3 amide bonds. The van der Waals surface area contributed by atoms with Crippen molar-refractivity contribution in [3.8, 4) is 0 Å². The van der Waals surface area contributed by atoms with Gasteiger partial charge in [-0.3, -0.25) is 9.59 Å². The van der Waals surface area contributed by atoms with Crippen LogP contribution in [0.1, 0.15) is 66.4 Å². The predicted octanol–water partition coefficient (Wildman–Crippen LogP) is 4.35. The van der Waals surface area contributed by atoms with Gasteiger partial charge in [0, 0.05) is 25.0 Å². The second kappa shape index (κ2) is 10.8. The number of likely N-dealkylation sites (tertiary alicyclic amines) is 1. The standard InChI is InChI=1S/C25H38ClN3O4/c1-16(2)21(28-23(32)27-14-25(6,7)33-17(3)30)22(31)29-13-12-20(24(4,5)15-29)18-8-10-19(26)11-9-18/h8-11,16,20-21H,12-15H2,1-7H3,(H2,27,28,32). The van der Waals surface area contributed by atoms with Crippen molar-refractivity contribution in [2.45, 2.75) is 72.4 Å². The largest absolute Gasteiger partial charge is 0.458 e. The van der Waals surface area contributed by atoms with Gasteiger partial charge >= 0.3 is 12.0 Å². The number of hydrogen-bond acceptors (Lipinski definition) is 4. The van der Waals surface area contributed by atoms with Crippen molar-refractivity contribution in [1.82, 2.24) is 15.5 Å². The van der Waals surface area contributed by atoms with Gasteiger partial charge in [0.15, 0.2) is 0 Å². The molecule has 1 aliphatic rings. The topological polar surface area (TPSA) is 87.7 Å². The summed E-state index contributed by atoms with van der Waals surface area (Å²) in [4.78, 5) is 39.0. The fraction of sp³-hybridized carbons (Fsp3) is 0.640. The van der Waals surface area contributed by atoms with Gasteiger partial charge in [-0.2, -0.15) is 0 Å². The molecule has 7 nitrogen and oxygen atoms in total. The molecule has 184 valence electrons. The number of hydrogen-bond donors (Lipinski definition) is 2. The number of urea groups is 1. The quantitative estimate of drug-likeness (QED) is 0.569. The predicted molar refractivity (Wildman–Crippen MR) is 130 cm³/mol. The number of carbonyl (C=O) groups is 3. The van der Waals surface area contributed by atoms with Gasteiger partial charge in [-0.05, 0) is 55.2 Å². The summed E-state index contributed by atoms with van der Waals surface area (Å²) in [5.41, 5.74) is 0.262. The van der Waals surface area contributed by atoms with Gasteiger partial charge in [-0.25, -0.2) is 4.79 Å². The van der Waals surface area contributed by atoms with Crippen LogP contribution in [0.5, 0.6) is 0 Å². The van der Waals surface area contributed by atoms with Gasteiger partial charge in [-0.1, -0.05) is 51.4 Å². The van der Waals surface area contributed by atoms with Gasteiger partial charge in [0.25, 0.3) is 0 Å². The first-order valence-corrected chi connectivity index (χ1v) is 11.9. The van der Waals surface area contributed by atoms with Crippen LogP contribution in [-0.4, -0.2) is 54.1 Å². The lowest BCUT2D eigenvalue weighted by Crippen LogP contribution is -2.58. The number of nitrogens with one attached hydrogen (secondary N) is 2. The number of amides is 3. The van der Waals surface area contributed by atoms with E-state index in [1.807, 2.05) is 30.9 Å². The number of ether oxygens (including phenoxy) is 1. The third kappa shape index (κ3) is 7.63. The number of carbonyl (C=O) groups excluding carboxylic acids is 3. The highest BCUT2D eigenvalue weighted by molar-refractivity contribution is 6.30. The molecule has 8 heteroatoms. The molecule has 2 rings (SSSR count). The molecule has 2 atom stereocenters. The summed E-state index contributed by atoms with van der Waals surface area (Å²) in [6.45, 7) is 14.3. The molecule has 1 fully saturated rings. The maximum absolute atomic E-state index is 13.4. The third-order valence-electron chi connectivity index (χ3n) is 6.13. The van der Waals surface area contributed by atoms with Crippen LogP contribution in [0.15, 0.2) is 24.3 Å². The summed E-state index contributed by atoms with van der Waals surface area (Å²) >= 11 is 6.05. The Kier molecular flexibility index (Phi) is 8.80. The molecule has 2 N–H and O–H groups in total. The molecule has 2 unspecified atom stereocenters. The lowest BCUT2D eigenvalue weighted by Gasteiger charge is -2.45. The highest BCUT2D eigenvalue weighted by Crippen LogP contribution is 2.42. The molecule has 1 aromatic carbocycles. The smallest absolute Gasteiger partial charge is 0.315 e. The van der Waals surface area contributed by atoms with Crippen LogP contribution >= 0.6 is 11.6 Å². The Hall–Kier alpha value is -2.28. The highest BCUT2D eigenvalue weighted by Gasteiger charge is 2.40. The van der Waals surface area contributed by atoms with Crippen molar-refractivity contribution in [2.75, 3.05) is 19.6 Å². The number of piperidine rings is 1. The Morgan fingerprint density at radius 2 is 1.82 bits per heavy atom. The van der Waals surface area contributed by atoms with Crippen molar-refractivity contribution in [1.29, 1.82) is 0 Å². The van der Waals surface area contributed by atoms with Crippen molar-refractivity contribution in [2.24, 2.45) is 11.3 Å². The minimum absolute atomic E-state index is 0.0815. The van der Waals surface area contributed by atoms with Crippen LogP contribution in [0.4, 0.5) is 4.79 Å². The zero-order valence-corrected chi connectivity index (χ0v) is 21.6. The summed E-state index contributed by atoms with van der Waals surface area (Å²) in [6, 6.07) is 6.83. The molecule has 0 aromatic heterocycles. The molecule has 0 bridgehead atoms. The SMILES string of the molecule is CC(=O)OC(C)(C)CNC(=O)NC(C(=O)N1CCC(c2ccc(Cl)cc2)C(C)(C)C1)C(C)C. The van der Waals surface area contributed by atoms with Crippen LogP contribution in [0, 0.1) is 11.3 Å². The minimum atomic E-state index is -0.839. The van der Waals surface area contributed by atoms with E-state index in [9.17, 15) is 14.4 Å². The van der Waals surface area contributed by atoms with Crippen molar-refractivity contribution < 1.29 is 19.1 Å². The van der Waals surface area contributed by atoms with Gasteiger partial charge < -0.3 is 20.3 Å². The van der Waals surface area contributed by atoms with Crippen molar-refractivity contribution in [3.63, 3.8) is 0 Å². The number of esters is 1. The van der Waals surface area contributed by atoms with E-state index in [1.54, 1.807) is 13.8 Å². The van der Waals surface area contributed by atoms with Crippen LogP contribution in [0.25, 0.3) is 0 Å². The summed E-state index contributed by atoms with van der Waals surface area (Å²) < 4.78 is 5.20. The molecule has 1 heterocycles. The third-order valence-corrected chi connectivity index (χ3v) is 6.38. The van der Waals surface area contributed by atoms with Gasteiger partial charge in [0.1, 0.15) is 11.6 Å². The van der Waals surface area contributed by atoms with Crippen LogP contribution in [0.3, 0.4) is 0 Å². The normalized spacial score (nSPS) is 19.1. The molecule has 0 radical (unpaired) electrons. The second-order valence-electron chi connectivity index (χ2n) is 10.5. The first-order chi connectivity index (χ1) is 15.2. The van der Waals surface area contributed by atoms with Crippen LogP contribution in [0.2, 0.25) is 5.02 Å². The average molecular weight is 480 g/mol. The Morgan fingerprint density at radius 1 is 1.21 bits per heavy atom. The fourth-order valence-corrected chi connectivity index (χ4v) is 4.60. The second-order valence-corrected chi connectivity index (χ2v) is 11.0. The first kappa shape index (κ1) is 27.0. The maximum Gasteiger partial charge on any atom is 0.315 e. The van der Waals surface area contributed by atoms with E-state index in [-0.39, 0.29) is 23.8 Å². The summed E-state index contributed by atoms with van der Waals surface area (Å²) in [6.07, 6.45) is 0.841. The molecule has 0 aliphatic carbocycles. The first-order valence-electron chi connectivity index (χ1n) is 11.5. The van der Waals surface area contributed by atoms with E-state index in [0.29, 0.717) is 24.0 Å². The molecule has 33 heavy (non-hydrogen) atoms. The number of rotatable bonds is 7. The maximum atomic E-state index is 13.4. The Bertz CT molecular complexity index is 852. The highest BCUT2D eigenvalue weighted by atomic mass is 35.5. The molecule has 1 saturated heterocycles. The minimum Gasteiger partial charge on any atom is -0.458 e. The van der Waals surface area contributed by atoms with E-state index in [1.165, 1.54) is 12.5 Å². The fourth-order valence-electron chi connectivity index (χ4n) is 4.48. The van der Waals surface area contributed by atoms with E-state index in [4.69, 9.17) is 16.3 Å². The Labute approximate surface area is 202 Å². The van der Waals surface area contributed by atoms with Crippen molar-refractivity contribution >= 4 is 29.5 Å². The van der Waals surface area contributed by atoms with Gasteiger partial charge in [0.2, 0.25) is 5.91 Å². The van der Waals surface area contributed by atoms with E-state index in [0.717, 1.165) is 6.42 Å². The molecule has 0 spiro atoms. The van der Waals surface area contributed by atoms with E-state index in [2.05, 4.69) is 36.6 Å². The summed E-state index contributed by atoms with van der Waals surface area (Å²) in [5, 5.41) is 6.24. The van der Waals surface area contributed by atoms with Gasteiger partial charge in [0.05, 0.1) is 6.54 Å². The Balaban J connectivity index is 2.02. The van der Waals surface area contributed by atoms with Crippen LogP contribution < -0.4 is 10.6 Å². The van der Waals surface area contributed by atoms with Gasteiger partial charge in [-0.15, -0.1) is 0 Å². The van der Waals surface area contributed by atoms with E-state index >= 15 is 0 Å².